The van der Waals surface area contributed by atoms with Crippen molar-refractivity contribution < 1.29 is 13.9 Å². The van der Waals surface area contributed by atoms with E-state index in [1.165, 1.54) is 0 Å². The van der Waals surface area contributed by atoms with Crippen molar-refractivity contribution in [1.82, 2.24) is 20.9 Å². The second-order valence-corrected chi connectivity index (χ2v) is 6.52. The van der Waals surface area contributed by atoms with Crippen molar-refractivity contribution in [1.29, 1.82) is 0 Å². The number of oxazole rings is 1. The number of hydrogen-bond donors (Lipinski definition) is 3. The molecular formula is C18H34IN5O3. The zero-order valence-corrected chi connectivity index (χ0v) is 19.5. The number of carbonyl (C=O) groups excluding carboxylic acids is 1. The highest BCUT2D eigenvalue weighted by Crippen LogP contribution is 2.09. The number of carbonyl (C=O) groups is 1. The van der Waals surface area contributed by atoms with Gasteiger partial charge in [-0.1, -0.05) is 13.8 Å². The van der Waals surface area contributed by atoms with Gasteiger partial charge in [0.05, 0.1) is 12.3 Å². The highest BCUT2D eigenvalue weighted by Gasteiger charge is 2.15. The van der Waals surface area contributed by atoms with Crippen LogP contribution in [0.2, 0.25) is 0 Å². The molecule has 0 bridgehead atoms. The monoisotopic (exact) mass is 495 g/mol. The summed E-state index contributed by atoms with van der Waals surface area (Å²) in [4.78, 5) is 20.6. The van der Waals surface area contributed by atoms with Gasteiger partial charge in [0.25, 0.3) is 0 Å². The quantitative estimate of drug-likeness (QED) is 0.277. The summed E-state index contributed by atoms with van der Waals surface area (Å²) in [7, 11) is 0. The van der Waals surface area contributed by atoms with Crippen molar-refractivity contribution in [3.8, 4) is 0 Å². The summed E-state index contributed by atoms with van der Waals surface area (Å²) in [6.07, 6.45) is 0.441. The molecular weight excluding hydrogens is 461 g/mol. The molecule has 0 fully saturated rings. The number of halogens is 1. The first kappa shape index (κ1) is 25.5. The van der Waals surface area contributed by atoms with Crippen molar-refractivity contribution in [3.05, 3.63) is 17.3 Å². The number of nitrogens with one attached hydrogen (secondary N) is 3. The van der Waals surface area contributed by atoms with Gasteiger partial charge < -0.3 is 25.1 Å². The molecule has 1 amide bonds. The van der Waals surface area contributed by atoms with E-state index in [1.54, 1.807) is 6.92 Å². The van der Waals surface area contributed by atoms with Crippen LogP contribution in [0.3, 0.4) is 0 Å². The molecule has 1 rings (SSSR count). The average Bonchev–Trinajstić information content (AvgIpc) is 2.88. The Morgan fingerprint density at radius 3 is 2.48 bits per heavy atom. The number of guanidine groups is 1. The molecule has 0 spiro atoms. The van der Waals surface area contributed by atoms with Gasteiger partial charge in [-0.2, -0.15) is 0 Å². The van der Waals surface area contributed by atoms with Crippen molar-refractivity contribution in [3.63, 3.8) is 0 Å². The molecule has 0 aliphatic rings. The van der Waals surface area contributed by atoms with Gasteiger partial charge in [-0.3, -0.25) is 0 Å². The molecule has 3 N–H and O–H groups in total. The van der Waals surface area contributed by atoms with Crippen LogP contribution in [-0.2, 0) is 11.3 Å². The number of alkyl carbamates (subject to hydrolysis) is 1. The molecule has 1 atom stereocenters. The van der Waals surface area contributed by atoms with E-state index in [9.17, 15) is 4.79 Å². The molecule has 1 heterocycles. The topological polar surface area (TPSA) is 101 Å². The van der Waals surface area contributed by atoms with Crippen molar-refractivity contribution in [2.24, 2.45) is 10.9 Å². The minimum absolute atomic E-state index is 0. The van der Waals surface area contributed by atoms with E-state index in [4.69, 9.17) is 9.15 Å². The van der Waals surface area contributed by atoms with Gasteiger partial charge in [-0.25, -0.2) is 14.8 Å². The van der Waals surface area contributed by atoms with Crippen LogP contribution in [0, 0.1) is 19.8 Å². The maximum Gasteiger partial charge on any atom is 0.407 e. The summed E-state index contributed by atoms with van der Waals surface area (Å²) in [5.41, 5.74) is 0.879. The molecule has 0 aliphatic carbocycles. The van der Waals surface area contributed by atoms with Gasteiger partial charge in [0.1, 0.15) is 12.3 Å². The molecule has 1 unspecified atom stereocenters. The number of hydrogen-bond acceptors (Lipinski definition) is 5. The zero-order valence-electron chi connectivity index (χ0n) is 17.2. The summed E-state index contributed by atoms with van der Waals surface area (Å²) in [5, 5.41) is 9.35. The third kappa shape index (κ3) is 10.4. The van der Waals surface area contributed by atoms with Crippen LogP contribution >= 0.6 is 24.0 Å². The first-order valence-corrected chi connectivity index (χ1v) is 9.24. The summed E-state index contributed by atoms with van der Waals surface area (Å²) in [5.74, 6) is 2.49. The van der Waals surface area contributed by atoms with Gasteiger partial charge >= 0.3 is 6.09 Å². The smallest absolute Gasteiger partial charge is 0.407 e. The van der Waals surface area contributed by atoms with Crippen LogP contribution in [0.25, 0.3) is 0 Å². The van der Waals surface area contributed by atoms with Crippen LogP contribution in [0.5, 0.6) is 0 Å². The standard InChI is InChI=1S/C18H33N5O3.HI/c1-7-19-17(21-11-16-22-13(5)14(6)26-16)20-10-15(9-12(3)4)23-18(24)25-8-2;/h12,15H,7-11H2,1-6H3,(H,23,24)(H2,19,20,21);1H. The van der Waals surface area contributed by atoms with Crippen LogP contribution < -0.4 is 16.0 Å². The minimum Gasteiger partial charge on any atom is -0.450 e. The Kier molecular flexibility index (Phi) is 12.9. The Bertz CT molecular complexity index is 570. The maximum atomic E-state index is 11.7. The molecule has 0 radical (unpaired) electrons. The number of aliphatic imine (C=N–C) groups is 1. The average molecular weight is 495 g/mol. The molecule has 0 saturated heterocycles. The van der Waals surface area contributed by atoms with E-state index < -0.39 is 6.09 Å². The SMILES string of the molecule is CCNC(=NCc1nc(C)c(C)o1)NCC(CC(C)C)NC(=O)OCC.I. The number of rotatable bonds is 9. The van der Waals surface area contributed by atoms with Crippen molar-refractivity contribution >= 4 is 36.0 Å². The van der Waals surface area contributed by atoms with Gasteiger partial charge in [0, 0.05) is 19.1 Å². The number of aromatic nitrogens is 1. The van der Waals surface area contributed by atoms with Gasteiger partial charge in [-0.05, 0) is 40.0 Å². The van der Waals surface area contributed by atoms with Gasteiger partial charge in [0.2, 0.25) is 5.89 Å². The normalized spacial score (nSPS) is 12.3. The van der Waals surface area contributed by atoms with E-state index in [0.29, 0.717) is 37.5 Å². The fourth-order valence-electron chi connectivity index (χ4n) is 2.42. The number of ether oxygens (including phenoxy) is 1. The molecule has 9 heteroatoms. The number of aryl methyl sites for hydroxylation is 2. The fourth-order valence-corrected chi connectivity index (χ4v) is 2.42. The second-order valence-electron chi connectivity index (χ2n) is 6.52. The number of nitrogens with zero attached hydrogens (tertiary/aromatic N) is 2. The zero-order chi connectivity index (χ0) is 19.5. The molecule has 0 aliphatic heterocycles. The molecule has 8 nitrogen and oxygen atoms in total. The third-order valence-corrected chi connectivity index (χ3v) is 3.66. The highest BCUT2D eigenvalue weighted by molar-refractivity contribution is 14.0. The molecule has 0 saturated carbocycles. The van der Waals surface area contributed by atoms with Gasteiger partial charge in [-0.15, -0.1) is 24.0 Å². The Morgan fingerprint density at radius 1 is 1.26 bits per heavy atom. The largest absolute Gasteiger partial charge is 0.450 e. The van der Waals surface area contributed by atoms with Crippen LogP contribution in [0.4, 0.5) is 4.79 Å². The van der Waals surface area contributed by atoms with E-state index in [-0.39, 0.29) is 30.0 Å². The fraction of sp³-hybridized carbons (Fsp3) is 0.722. The van der Waals surface area contributed by atoms with E-state index in [0.717, 1.165) is 24.4 Å². The second kappa shape index (κ2) is 13.6. The molecule has 1 aromatic heterocycles. The number of amides is 1. The lowest BCUT2D eigenvalue weighted by Gasteiger charge is -2.22. The van der Waals surface area contributed by atoms with E-state index in [1.807, 2.05) is 20.8 Å². The maximum absolute atomic E-state index is 11.7. The lowest BCUT2D eigenvalue weighted by molar-refractivity contribution is 0.146. The van der Waals surface area contributed by atoms with E-state index in [2.05, 4.69) is 39.8 Å². The molecule has 1 aromatic rings. The first-order valence-electron chi connectivity index (χ1n) is 9.24. The Labute approximate surface area is 179 Å². The molecule has 156 valence electrons. The first-order chi connectivity index (χ1) is 12.3. The van der Waals surface area contributed by atoms with Crippen molar-refractivity contribution in [2.45, 2.75) is 60.5 Å². The van der Waals surface area contributed by atoms with Crippen LogP contribution in [0.1, 0.15) is 51.5 Å². The predicted octanol–water partition coefficient (Wildman–Crippen LogP) is 3.13. The molecule has 0 aromatic carbocycles. The lowest BCUT2D eigenvalue weighted by Crippen LogP contribution is -2.47. The molecule has 27 heavy (non-hydrogen) atoms. The highest BCUT2D eigenvalue weighted by atomic mass is 127. The van der Waals surface area contributed by atoms with E-state index >= 15 is 0 Å². The summed E-state index contributed by atoms with van der Waals surface area (Å²) >= 11 is 0. The minimum atomic E-state index is -0.396. The summed E-state index contributed by atoms with van der Waals surface area (Å²) in [6, 6.07) is -0.0517. The summed E-state index contributed by atoms with van der Waals surface area (Å²) in [6.45, 7) is 13.8. The Balaban J connectivity index is 0.00000676. The van der Waals surface area contributed by atoms with Crippen molar-refractivity contribution in [2.75, 3.05) is 19.7 Å². The van der Waals surface area contributed by atoms with Gasteiger partial charge in [0.15, 0.2) is 5.96 Å². The van der Waals surface area contributed by atoms with Crippen LogP contribution in [0.15, 0.2) is 9.41 Å². The van der Waals surface area contributed by atoms with Crippen LogP contribution in [-0.4, -0.2) is 42.8 Å². The Hall–Kier alpha value is -1.52. The lowest BCUT2D eigenvalue weighted by atomic mass is 10.0. The predicted molar refractivity (Wildman–Crippen MR) is 118 cm³/mol. The third-order valence-electron chi connectivity index (χ3n) is 3.66. The Morgan fingerprint density at radius 2 is 1.96 bits per heavy atom. The summed E-state index contributed by atoms with van der Waals surface area (Å²) < 4.78 is 10.5.